The molecule has 0 aromatic rings. The van der Waals surface area contributed by atoms with Crippen molar-refractivity contribution in [1.82, 2.24) is 5.06 Å². The lowest BCUT2D eigenvalue weighted by atomic mass is 9.84. The highest BCUT2D eigenvalue weighted by Gasteiger charge is 2.50. The van der Waals surface area contributed by atoms with Gasteiger partial charge in [0.05, 0.1) is 27.9 Å². The molecular weight excluding hydrogens is 269 g/mol. The van der Waals surface area contributed by atoms with Crippen LogP contribution < -0.4 is 0 Å². The van der Waals surface area contributed by atoms with Crippen molar-refractivity contribution in [1.29, 1.82) is 0 Å². The van der Waals surface area contributed by atoms with Crippen LogP contribution in [0.3, 0.4) is 0 Å². The Hall–Kier alpha value is -1.89. The maximum absolute atomic E-state index is 14.0. The highest BCUT2D eigenvalue weighted by atomic mass is 19.1. The summed E-state index contributed by atoms with van der Waals surface area (Å²) in [5, 5.41) is 1.05. The molecule has 110 valence electrons. The predicted molar refractivity (Wildman–Crippen MR) is 65.5 cm³/mol. The Labute approximate surface area is 115 Å². The first-order chi connectivity index (χ1) is 9.53. The van der Waals surface area contributed by atoms with E-state index in [2.05, 4.69) is 4.74 Å². The molecule has 0 aromatic heterocycles. The Kier molecular flexibility index (Phi) is 4.08. The van der Waals surface area contributed by atoms with Gasteiger partial charge >= 0.3 is 5.97 Å². The molecule has 1 saturated heterocycles. The number of allylic oxidation sites excluding steroid dienone is 3. The summed E-state index contributed by atoms with van der Waals surface area (Å²) in [6.07, 6.45) is 2.81. The number of carbonyl (C=O) groups is 2. The smallest absolute Gasteiger partial charge is 0.318 e. The van der Waals surface area contributed by atoms with Gasteiger partial charge in [-0.25, -0.2) is 9.45 Å². The third-order valence-electron chi connectivity index (χ3n) is 3.63. The van der Waals surface area contributed by atoms with Crippen LogP contribution in [-0.2, 0) is 23.9 Å². The van der Waals surface area contributed by atoms with Gasteiger partial charge in [-0.2, -0.15) is 0 Å². The lowest BCUT2D eigenvalue weighted by molar-refractivity contribution is -0.172. The van der Waals surface area contributed by atoms with Gasteiger partial charge in [-0.15, -0.1) is 0 Å². The summed E-state index contributed by atoms with van der Waals surface area (Å²) in [5.74, 6) is -3.62. The Bertz CT molecular complexity index is 487. The minimum Gasteiger partial charge on any atom is -0.497 e. The standard InChI is InChI=1S/C13H16FNO5/c1-18-7-4-8(10(14)5-7)9-6-15(20-3)12(16)11(9)13(17)19-2/h4-5,8-9,11H,6H2,1-3H3/t8?,9?,11-/m0/s1. The first kappa shape index (κ1) is 14.5. The Morgan fingerprint density at radius 3 is 2.60 bits per heavy atom. The number of halogens is 1. The Balaban J connectivity index is 2.30. The summed E-state index contributed by atoms with van der Waals surface area (Å²) in [6.45, 7) is 0.120. The minimum atomic E-state index is -1.07. The normalized spacial score (nSPS) is 29.3. The molecule has 1 fully saturated rings. The van der Waals surface area contributed by atoms with Gasteiger partial charge in [0.25, 0.3) is 5.91 Å². The molecule has 0 saturated carbocycles. The largest absolute Gasteiger partial charge is 0.497 e. The van der Waals surface area contributed by atoms with Crippen LogP contribution in [-0.4, -0.2) is 44.8 Å². The first-order valence-electron chi connectivity index (χ1n) is 6.09. The fourth-order valence-corrected chi connectivity index (χ4v) is 2.60. The lowest BCUT2D eigenvalue weighted by Gasteiger charge is -2.19. The van der Waals surface area contributed by atoms with Gasteiger partial charge in [-0.1, -0.05) is 0 Å². The molecule has 0 bridgehead atoms. The average Bonchev–Trinajstić information content (AvgIpc) is 2.98. The van der Waals surface area contributed by atoms with Gasteiger partial charge in [0.2, 0.25) is 0 Å². The second-order valence-corrected chi connectivity index (χ2v) is 4.57. The van der Waals surface area contributed by atoms with Crippen LogP contribution in [0.5, 0.6) is 0 Å². The van der Waals surface area contributed by atoms with Crippen LogP contribution in [0.25, 0.3) is 0 Å². The van der Waals surface area contributed by atoms with Gasteiger partial charge < -0.3 is 9.47 Å². The maximum atomic E-state index is 14.0. The quantitative estimate of drug-likeness (QED) is 0.565. The second-order valence-electron chi connectivity index (χ2n) is 4.57. The van der Waals surface area contributed by atoms with Crippen molar-refractivity contribution >= 4 is 11.9 Å². The third-order valence-corrected chi connectivity index (χ3v) is 3.63. The lowest BCUT2D eigenvalue weighted by Crippen LogP contribution is -2.32. The molecule has 2 aliphatic rings. The fourth-order valence-electron chi connectivity index (χ4n) is 2.60. The summed E-state index contributed by atoms with van der Waals surface area (Å²) >= 11 is 0. The van der Waals surface area contributed by atoms with Gasteiger partial charge in [-0.3, -0.25) is 14.4 Å². The van der Waals surface area contributed by atoms with Gasteiger partial charge in [0.15, 0.2) is 0 Å². The highest BCUT2D eigenvalue weighted by molar-refractivity contribution is 5.99. The number of hydrogen-bond donors (Lipinski definition) is 0. The molecule has 1 aliphatic heterocycles. The van der Waals surface area contributed by atoms with E-state index in [1.54, 1.807) is 6.08 Å². The first-order valence-corrected chi connectivity index (χ1v) is 6.09. The number of ether oxygens (including phenoxy) is 2. The minimum absolute atomic E-state index is 0.120. The number of hydrogen-bond acceptors (Lipinski definition) is 5. The number of methoxy groups -OCH3 is 2. The Morgan fingerprint density at radius 2 is 2.10 bits per heavy atom. The van der Waals surface area contributed by atoms with Crippen LogP contribution in [0.15, 0.2) is 23.7 Å². The van der Waals surface area contributed by atoms with E-state index in [0.717, 1.165) is 5.06 Å². The zero-order chi connectivity index (χ0) is 14.9. The van der Waals surface area contributed by atoms with Gasteiger partial charge in [0, 0.05) is 17.9 Å². The zero-order valence-corrected chi connectivity index (χ0v) is 11.5. The van der Waals surface area contributed by atoms with Gasteiger partial charge in [0.1, 0.15) is 17.5 Å². The SMILES string of the molecule is COC(=O)[C@@H]1C(=O)N(OC)CC1C1C=C(OC)C=C1F. The van der Waals surface area contributed by atoms with E-state index in [1.165, 1.54) is 27.4 Å². The van der Waals surface area contributed by atoms with Crippen molar-refractivity contribution in [3.63, 3.8) is 0 Å². The van der Waals surface area contributed by atoms with Crippen molar-refractivity contribution in [3.8, 4) is 0 Å². The molecule has 3 atom stereocenters. The average molecular weight is 285 g/mol. The molecule has 2 rings (SSSR count). The number of esters is 1. The molecule has 0 N–H and O–H groups in total. The molecule has 0 aromatic carbocycles. The molecular formula is C13H16FNO5. The molecule has 6 nitrogen and oxygen atoms in total. The summed E-state index contributed by atoms with van der Waals surface area (Å²) in [5.41, 5.74) is 0. The monoisotopic (exact) mass is 285 g/mol. The fraction of sp³-hybridized carbons (Fsp3) is 0.538. The van der Waals surface area contributed by atoms with Crippen LogP contribution in [0.4, 0.5) is 4.39 Å². The van der Waals surface area contributed by atoms with Crippen LogP contribution in [0.1, 0.15) is 0 Å². The van der Waals surface area contributed by atoms with Crippen molar-refractivity contribution in [2.24, 2.45) is 17.8 Å². The topological polar surface area (TPSA) is 65.1 Å². The van der Waals surface area contributed by atoms with Crippen LogP contribution in [0, 0.1) is 17.8 Å². The zero-order valence-electron chi connectivity index (χ0n) is 11.5. The number of nitrogens with zero attached hydrogens (tertiary/aromatic N) is 1. The van der Waals surface area contributed by atoms with E-state index >= 15 is 0 Å². The molecule has 1 heterocycles. The van der Waals surface area contributed by atoms with E-state index in [4.69, 9.17) is 9.57 Å². The number of carbonyl (C=O) groups excluding carboxylic acids is 2. The molecule has 1 aliphatic carbocycles. The van der Waals surface area contributed by atoms with Crippen LogP contribution in [0.2, 0.25) is 0 Å². The summed E-state index contributed by atoms with van der Waals surface area (Å²) in [6, 6.07) is 0. The molecule has 2 unspecified atom stereocenters. The van der Waals surface area contributed by atoms with E-state index in [1.807, 2.05) is 0 Å². The van der Waals surface area contributed by atoms with E-state index < -0.39 is 35.5 Å². The number of amides is 1. The predicted octanol–water partition coefficient (Wildman–Crippen LogP) is 0.809. The molecule has 1 amide bonds. The van der Waals surface area contributed by atoms with Crippen molar-refractivity contribution < 1.29 is 28.3 Å². The van der Waals surface area contributed by atoms with Gasteiger partial charge in [-0.05, 0) is 6.08 Å². The maximum Gasteiger partial charge on any atom is 0.318 e. The van der Waals surface area contributed by atoms with E-state index in [9.17, 15) is 14.0 Å². The summed E-state index contributed by atoms with van der Waals surface area (Å²) in [7, 11) is 3.95. The molecule has 0 radical (unpaired) electrons. The van der Waals surface area contributed by atoms with Crippen molar-refractivity contribution in [2.75, 3.05) is 27.9 Å². The van der Waals surface area contributed by atoms with E-state index in [-0.39, 0.29) is 6.54 Å². The molecule has 7 heteroatoms. The Morgan fingerprint density at radius 1 is 1.40 bits per heavy atom. The molecule has 20 heavy (non-hydrogen) atoms. The number of hydroxylamine groups is 2. The summed E-state index contributed by atoms with van der Waals surface area (Å²) in [4.78, 5) is 28.8. The second kappa shape index (κ2) is 5.62. The van der Waals surface area contributed by atoms with Crippen LogP contribution >= 0.6 is 0 Å². The highest BCUT2D eigenvalue weighted by Crippen LogP contribution is 2.40. The van der Waals surface area contributed by atoms with E-state index in [0.29, 0.717) is 5.76 Å². The van der Waals surface area contributed by atoms with Crippen molar-refractivity contribution in [3.05, 3.63) is 23.7 Å². The summed E-state index contributed by atoms with van der Waals surface area (Å²) < 4.78 is 23.6. The molecule has 0 spiro atoms. The van der Waals surface area contributed by atoms with Crippen molar-refractivity contribution in [2.45, 2.75) is 0 Å². The third kappa shape index (κ3) is 2.29. The number of rotatable bonds is 4.